The van der Waals surface area contributed by atoms with Crippen LogP contribution in [-0.2, 0) is 22.6 Å². The summed E-state index contributed by atoms with van der Waals surface area (Å²) in [7, 11) is 3.19. The van der Waals surface area contributed by atoms with Gasteiger partial charge >= 0.3 is 0 Å². The van der Waals surface area contributed by atoms with E-state index in [-0.39, 0.29) is 30.1 Å². The van der Waals surface area contributed by atoms with E-state index in [1.807, 2.05) is 42.2 Å². The highest BCUT2D eigenvalue weighted by Gasteiger charge is 2.34. The number of hydrogen-bond acceptors (Lipinski definition) is 7. The molecule has 40 heavy (non-hydrogen) atoms. The summed E-state index contributed by atoms with van der Waals surface area (Å²) in [6, 6.07) is 15.8. The number of rotatable bonds is 13. The second kappa shape index (κ2) is 13.3. The molecule has 9 nitrogen and oxygen atoms in total. The second-order valence-electron chi connectivity index (χ2n) is 9.65. The zero-order valence-electron chi connectivity index (χ0n) is 22.9. The number of non-ortho nitro benzene ring substituents is 1. The van der Waals surface area contributed by atoms with Crippen molar-refractivity contribution in [3.05, 3.63) is 91.7 Å². The predicted octanol–water partition coefficient (Wildman–Crippen LogP) is 5.26. The van der Waals surface area contributed by atoms with Gasteiger partial charge in [-0.2, -0.15) is 0 Å². The summed E-state index contributed by atoms with van der Waals surface area (Å²) >= 11 is 1.65. The van der Waals surface area contributed by atoms with Crippen molar-refractivity contribution in [3.8, 4) is 11.5 Å². The quantitative estimate of drug-likeness (QED) is 0.160. The molecule has 0 unspecified atom stereocenters. The van der Waals surface area contributed by atoms with Gasteiger partial charge in [0.2, 0.25) is 11.8 Å². The summed E-state index contributed by atoms with van der Waals surface area (Å²) in [6.07, 6.45) is 5.40. The Morgan fingerprint density at radius 3 is 2.38 bits per heavy atom. The van der Waals surface area contributed by atoms with Crippen molar-refractivity contribution >= 4 is 34.9 Å². The van der Waals surface area contributed by atoms with Crippen molar-refractivity contribution in [2.24, 2.45) is 0 Å². The molecule has 2 aromatic carbocycles. The molecular weight excluding hydrogens is 530 g/mol. The van der Waals surface area contributed by atoms with Gasteiger partial charge in [-0.1, -0.05) is 6.07 Å². The maximum Gasteiger partial charge on any atom is 0.269 e. The highest BCUT2D eigenvalue weighted by Crippen LogP contribution is 2.29. The van der Waals surface area contributed by atoms with Gasteiger partial charge in [-0.3, -0.25) is 19.7 Å². The third-order valence-electron chi connectivity index (χ3n) is 6.71. The van der Waals surface area contributed by atoms with Crippen LogP contribution in [0.4, 0.5) is 5.69 Å². The van der Waals surface area contributed by atoms with Gasteiger partial charge < -0.3 is 19.3 Å². The molecule has 0 saturated heterocycles. The fraction of sp³-hybridized carbons (Fsp3) is 0.333. The molecule has 1 aromatic heterocycles. The van der Waals surface area contributed by atoms with Crippen molar-refractivity contribution in [1.29, 1.82) is 0 Å². The summed E-state index contributed by atoms with van der Waals surface area (Å²) in [4.78, 5) is 42.9. The number of carbonyl (C=O) groups is 2. The van der Waals surface area contributed by atoms with Crippen molar-refractivity contribution in [3.63, 3.8) is 0 Å². The van der Waals surface area contributed by atoms with Crippen LogP contribution in [-0.4, -0.2) is 59.9 Å². The van der Waals surface area contributed by atoms with E-state index < -0.39 is 4.92 Å². The molecule has 0 atom stereocenters. The molecule has 10 heteroatoms. The Bertz CT molecular complexity index is 1380. The molecule has 0 radical (unpaired) electrons. The normalized spacial score (nSPS) is 12.8. The van der Waals surface area contributed by atoms with Crippen LogP contribution in [0.15, 0.2) is 60.7 Å². The first-order valence-corrected chi connectivity index (χ1v) is 13.9. The number of carbonyl (C=O) groups excluding carboxylic acids is 2. The van der Waals surface area contributed by atoms with Crippen molar-refractivity contribution in [1.82, 2.24) is 9.80 Å². The van der Waals surface area contributed by atoms with E-state index in [4.69, 9.17) is 9.47 Å². The predicted molar refractivity (Wildman–Crippen MR) is 155 cm³/mol. The molecule has 1 heterocycles. The number of amides is 2. The lowest BCUT2D eigenvalue weighted by atomic mass is 10.1. The number of aryl methyl sites for hydroxylation is 1. The summed E-state index contributed by atoms with van der Waals surface area (Å²) in [6.45, 7) is 2.98. The average Bonchev–Trinajstić information content (AvgIpc) is 3.72. The van der Waals surface area contributed by atoms with Crippen LogP contribution in [0.5, 0.6) is 11.5 Å². The molecule has 0 aliphatic heterocycles. The molecule has 0 spiro atoms. The van der Waals surface area contributed by atoms with Crippen LogP contribution in [0, 0.1) is 17.0 Å². The van der Waals surface area contributed by atoms with Crippen LogP contribution >= 0.6 is 11.3 Å². The Hall–Kier alpha value is -4.18. The topological polar surface area (TPSA) is 102 Å². The molecule has 0 bridgehead atoms. The lowest BCUT2D eigenvalue weighted by Crippen LogP contribution is -2.43. The Balaban J connectivity index is 1.46. The monoisotopic (exact) mass is 563 g/mol. The lowest BCUT2D eigenvalue weighted by Gasteiger charge is -2.27. The van der Waals surface area contributed by atoms with Gasteiger partial charge in [0.25, 0.3) is 5.69 Å². The Labute approximate surface area is 237 Å². The van der Waals surface area contributed by atoms with Gasteiger partial charge in [0.1, 0.15) is 6.54 Å². The van der Waals surface area contributed by atoms with Gasteiger partial charge in [0, 0.05) is 40.5 Å². The number of nitrogens with zero attached hydrogens (tertiary/aromatic N) is 3. The Morgan fingerprint density at radius 1 is 1.05 bits per heavy atom. The number of thiophene rings is 1. The number of hydrogen-bond donors (Lipinski definition) is 0. The zero-order chi connectivity index (χ0) is 28.6. The van der Waals surface area contributed by atoms with E-state index in [0.717, 1.165) is 23.3 Å². The summed E-state index contributed by atoms with van der Waals surface area (Å²) < 4.78 is 10.8. The SMILES string of the molecule is COc1ccc(CCN(Cc2ccc(C)s2)C(=O)CN(C(=O)/C=C/c2ccc([N+](=O)[O-])cc2)C2CC2)cc1OC. The molecule has 210 valence electrons. The summed E-state index contributed by atoms with van der Waals surface area (Å²) in [5, 5.41) is 10.9. The van der Waals surface area contributed by atoms with Crippen LogP contribution < -0.4 is 9.47 Å². The fourth-order valence-corrected chi connectivity index (χ4v) is 5.25. The average molecular weight is 564 g/mol. The van der Waals surface area contributed by atoms with Crippen molar-refractivity contribution in [2.75, 3.05) is 27.3 Å². The van der Waals surface area contributed by atoms with E-state index in [9.17, 15) is 19.7 Å². The summed E-state index contributed by atoms with van der Waals surface area (Å²) in [5.74, 6) is 0.919. The number of nitro groups is 1. The third-order valence-corrected chi connectivity index (χ3v) is 7.70. The minimum Gasteiger partial charge on any atom is -0.493 e. The standard InChI is InChI=1S/C30H33N3O6S/c1-21-4-13-26(40-21)19-31(17-16-23-7-14-27(38-2)28(18-23)39-3)30(35)20-32(24-11-12-24)29(34)15-8-22-5-9-25(10-6-22)33(36)37/h4-10,13-15,18,24H,11-12,16-17,19-20H2,1-3H3/b15-8+. The smallest absolute Gasteiger partial charge is 0.269 e. The van der Waals surface area contributed by atoms with Gasteiger partial charge in [-0.25, -0.2) is 0 Å². The molecule has 1 aliphatic rings. The van der Waals surface area contributed by atoms with Crippen LogP contribution in [0.3, 0.4) is 0 Å². The highest BCUT2D eigenvalue weighted by atomic mass is 32.1. The largest absolute Gasteiger partial charge is 0.493 e. The van der Waals surface area contributed by atoms with Crippen molar-refractivity contribution < 1.29 is 24.0 Å². The lowest BCUT2D eigenvalue weighted by molar-refractivity contribution is -0.384. The first-order valence-electron chi connectivity index (χ1n) is 13.0. The molecule has 2 amide bonds. The molecule has 4 rings (SSSR count). The van der Waals surface area contributed by atoms with Crippen LogP contribution in [0.1, 0.15) is 33.7 Å². The van der Waals surface area contributed by atoms with E-state index in [2.05, 4.69) is 0 Å². The minimum absolute atomic E-state index is 0.00953. The first kappa shape index (κ1) is 28.8. The number of ether oxygens (including phenoxy) is 2. The van der Waals surface area contributed by atoms with E-state index in [1.165, 1.54) is 23.1 Å². The number of methoxy groups -OCH3 is 2. The molecular formula is C30H33N3O6S. The first-order chi connectivity index (χ1) is 19.3. The number of benzene rings is 2. The van der Waals surface area contributed by atoms with E-state index >= 15 is 0 Å². The van der Waals surface area contributed by atoms with Gasteiger partial charge in [-0.15, -0.1) is 11.3 Å². The van der Waals surface area contributed by atoms with Crippen LogP contribution in [0.2, 0.25) is 0 Å². The number of nitro benzene ring substituents is 1. The molecule has 1 fully saturated rings. The van der Waals surface area contributed by atoms with E-state index in [0.29, 0.717) is 36.6 Å². The third kappa shape index (κ3) is 7.69. The second-order valence-corrected chi connectivity index (χ2v) is 11.0. The van der Waals surface area contributed by atoms with Gasteiger partial charge in [0.15, 0.2) is 11.5 Å². The maximum absolute atomic E-state index is 13.6. The molecule has 3 aromatic rings. The summed E-state index contributed by atoms with van der Waals surface area (Å²) in [5.41, 5.74) is 1.67. The Kier molecular flexibility index (Phi) is 9.55. The Morgan fingerprint density at radius 2 is 1.77 bits per heavy atom. The molecule has 1 saturated carbocycles. The molecule has 0 N–H and O–H groups in total. The highest BCUT2D eigenvalue weighted by molar-refractivity contribution is 7.11. The van der Waals surface area contributed by atoms with E-state index in [1.54, 1.807) is 48.7 Å². The maximum atomic E-state index is 13.6. The van der Waals surface area contributed by atoms with Gasteiger partial charge in [0.05, 0.1) is 25.7 Å². The minimum atomic E-state index is -0.465. The van der Waals surface area contributed by atoms with Gasteiger partial charge in [-0.05, 0) is 79.8 Å². The zero-order valence-corrected chi connectivity index (χ0v) is 23.7. The molecule has 1 aliphatic carbocycles. The van der Waals surface area contributed by atoms with Crippen molar-refractivity contribution in [2.45, 2.75) is 38.8 Å². The van der Waals surface area contributed by atoms with Crippen LogP contribution in [0.25, 0.3) is 6.08 Å². The fourth-order valence-electron chi connectivity index (χ4n) is 4.34.